The van der Waals surface area contributed by atoms with Gasteiger partial charge in [0.05, 0.1) is 0 Å². The molecule has 0 fully saturated rings. The molecule has 4 aromatic heterocycles. The second-order valence-electron chi connectivity index (χ2n) is 11.3. The van der Waals surface area contributed by atoms with Gasteiger partial charge in [-0.2, -0.15) is 0 Å². The molecular formula is C40H29GeN3O. The van der Waals surface area contributed by atoms with E-state index in [0.29, 0.717) is 5.71 Å². The number of hydrogen-bond acceptors (Lipinski definition) is 4. The molecule has 0 aliphatic rings. The normalized spacial score (nSPS) is 11.7. The Morgan fingerprint density at radius 3 is 1.71 bits per heavy atom. The van der Waals surface area contributed by atoms with Gasteiger partial charge in [0.2, 0.25) is 0 Å². The van der Waals surface area contributed by atoms with E-state index in [2.05, 4.69) is 151 Å². The van der Waals surface area contributed by atoms with Gasteiger partial charge >= 0.3 is 265 Å². The van der Waals surface area contributed by atoms with E-state index in [9.17, 15) is 0 Å². The van der Waals surface area contributed by atoms with Crippen molar-refractivity contribution in [3.8, 4) is 22.5 Å². The number of aryl methyl sites for hydroxylation is 1. The predicted octanol–water partition coefficient (Wildman–Crippen LogP) is 6.79. The minimum atomic E-state index is -3.77. The number of nitrogens with zero attached hydrogens (tertiary/aromatic N) is 3. The number of rotatable bonds is 6. The van der Waals surface area contributed by atoms with E-state index < -0.39 is 13.3 Å². The van der Waals surface area contributed by atoms with Gasteiger partial charge in [0.1, 0.15) is 0 Å². The van der Waals surface area contributed by atoms with Gasteiger partial charge < -0.3 is 0 Å². The molecule has 4 heterocycles. The fourth-order valence-electron chi connectivity index (χ4n) is 6.45. The number of para-hydroxylation sites is 1. The van der Waals surface area contributed by atoms with E-state index in [1.54, 1.807) is 0 Å². The van der Waals surface area contributed by atoms with Gasteiger partial charge in [-0.3, -0.25) is 0 Å². The molecule has 8 rings (SSSR count). The van der Waals surface area contributed by atoms with Crippen LogP contribution >= 0.6 is 0 Å². The number of aromatic nitrogens is 3. The van der Waals surface area contributed by atoms with Crippen LogP contribution in [0.4, 0.5) is 0 Å². The maximum atomic E-state index is 6.41. The molecule has 214 valence electrons. The van der Waals surface area contributed by atoms with Crippen LogP contribution in [0.5, 0.6) is 0 Å². The van der Waals surface area contributed by atoms with Gasteiger partial charge in [-0.05, 0) is 0 Å². The Balaban J connectivity index is 1.41. The maximum absolute atomic E-state index is 6.41. The molecule has 0 radical (unpaired) electrons. The van der Waals surface area contributed by atoms with Crippen LogP contribution in [0.1, 0.15) is 5.69 Å². The van der Waals surface area contributed by atoms with Crippen molar-refractivity contribution >= 4 is 53.2 Å². The van der Waals surface area contributed by atoms with Crippen molar-refractivity contribution in [2.24, 2.45) is 0 Å². The van der Waals surface area contributed by atoms with Crippen molar-refractivity contribution in [2.75, 3.05) is 0 Å². The summed E-state index contributed by atoms with van der Waals surface area (Å²) in [5.41, 5.74) is 6.26. The molecule has 0 atom stereocenters. The van der Waals surface area contributed by atoms with Crippen molar-refractivity contribution in [3.63, 3.8) is 0 Å². The first-order chi connectivity index (χ1) is 22.2. The molecule has 0 aliphatic heterocycles. The molecule has 0 unspecified atom stereocenters. The summed E-state index contributed by atoms with van der Waals surface area (Å²) in [6.07, 6.45) is 0. The summed E-state index contributed by atoms with van der Waals surface area (Å²) < 4.78 is 11.1. The Labute approximate surface area is 264 Å². The third-order valence-electron chi connectivity index (χ3n) is 8.53. The number of pyridine rings is 3. The standard InChI is InChI=1S/C40H29GeN3O/c1-28-26-27-33-32-20-11-21-34(39(32)45-40(33)42-28)36-23-13-25-38(44-36)41(30-16-7-3-8-17-30,31-18-9-4-10-19-31)37-24-12-22-35(43-37)29-14-5-2-6-15-29/h2-27H,1H3. The first-order valence-corrected chi connectivity index (χ1v) is 19.3. The van der Waals surface area contributed by atoms with Crippen molar-refractivity contribution in [2.45, 2.75) is 6.92 Å². The van der Waals surface area contributed by atoms with Crippen LogP contribution in [0.2, 0.25) is 0 Å². The summed E-state index contributed by atoms with van der Waals surface area (Å²) in [4.78, 5) is 15.7. The first kappa shape index (κ1) is 27.2. The van der Waals surface area contributed by atoms with Gasteiger partial charge in [-0.1, -0.05) is 0 Å². The number of benzene rings is 4. The van der Waals surface area contributed by atoms with E-state index in [1.165, 1.54) is 8.79 Å². The number of hydrogen-bond donors (Lipinski definition) is 0. The Kier molecular flexibility index (Phi) is 6.84. The molecule has 0 aliphatic carbocycles. The molecule has 8 aromatic rings. The van der Waals surface area contributed by atoms with E-state index >= 15 is 0 Å². The number of fused-ring (bicyclic) bond motifs is 3. The summed E-state index contributed by atoms with van der Waals surface area (Å²) in [6, 6.07) is 55.4. The molecular weight excluding hydrogens is 611 g/mol. The quantitative estimate of drug-likeness (QED) is 0.188. The minimum absolute atomic E-state index is 0.649. The van der Waals surface area contributed by atoms with Crippen molar-refractivity contribution in [1.82, 2.24) is 15.0 Å². The molecule has 0 amide bonds. The fraction of sp³-hybridized carbons (Fsp3) is 0.0250. The second kappa shape index (κ2) is 11.3. The summed E-state index contributed by atoms with van der Waals surface area (Å²) in [7, 11) is 0. The van der Waals surface area contributed by atoms with Crippen molar-refractivity contribution < 1.29 is 4.42 Å². The predicted molar refractivity (Wildman–Crippen MR) is 186 cm³/mol. The Bertz CT molecular complexity index is 2240. The van der Waals surface area contributed by atoms with E-state index in [4.69, 9.17) is 14.4 Å². The summed E-state index contributed by atoms with van der Waals surface area (Å²) >= 11 is -3.77. The summed E-state index contributed by atoms with van der Waals surface area (Å²) in [5.74, 6) is 0. The molecule has 0 saturated heterocycles. The third kappa shape index (κ3) is 4.66. The summed E-state index contributed by atoms with van der Waals surface area (Å²) in [5, 5.41) is 2.05. The molecule has 0 saturated carbocycles. The third-order valence-corrected chi connectivity index (χ3v) is 18.0. The van der Waals surface area contributed by atoms with E-state index in [-0.39, 0.29) is 0 Å². The van der Waals surface area contributed by atoms with Gasteiger partial charge in [0.25, 0.3) is 0 Å². The molecule has 4 aromatic carbocycles. The van der Waals surface area contributed by atoms with Gasteiger partial charge in [0.15, 0.2) is 0 Å². The average Bonchev–Trinajstić information content (AvgIpc) is 3.48. The first-order valence-electron chi connectivity index (χ1n) is 15.1. The zero-order valence-electron chi connectivity index (χ0n) is 24.8. The Morgan fingerprint density at radius 1 is 0.467 bits per heavy atom. The van der Waals surface area contributed by atoms with Crippen LogP contribution in [-0.2, 0) is 0 Å². The molecule has 5 heteroatoms. The zero-order valence-corrected chi connectivity index (χ0v) is 26.9. The monoisotopic (exact) mass is 641 g/mol. The second-order valence-corrected chi connectivity index (χ2v) is 19.0. The van der Waals surface area contributed by atoms with Gasteiger partial charge in [-0.25, -0.2) is 0 Å². The van der Waals surface area contributed by atoms with Crippen LogP contribution in [0, 0.1) is 6.92 Å². The molecule has 0 bridgehead atoms. The molecule has 0 N–H and O–H groups in total. The van der Waals surface area contributed by atoms with Crippen LogP contribution in [-0.4, -0.2) is 28.2 Å². The van der Waals surface area contributed by atoms with Gasteiger partial charge in [-0.15, -0.1) is 0 Å². The fourth-order valence-corrected chi connectivity index (χ4v) is 15.7. The van der Waals surface area contributed by atoms with E-state index in [1.807, 2.05) is 19.1 Å². The summed E-state index contributed by atoms with van der Waals surface area (Å²) in [6.45, 7) is 1.98. The van der Waals surface area contributed by atoms with Crippen LogP contribution < -0.4 is 17.8 Å². The van der Waals surface area contributed by atoms with Crippen LogP contribution in [0.3, 0.4) is 0 Å². The average molecular weight is 640 g/mol. The van der Waals surface area contributed by atoms with Crippen molar-refractivity contribution in [1.29, 1.82) is 0 Å². The molecule has 4 nitrogen and oxygen atoms in total. The van der Waals surface area contributed by atoms with Gasteiger partial charge in [0, 0.05) is 0 Å². The molecule has 0 spiro atoms. The van der Waals surface area contributed by atoms with Crippen molar-refractivity contribution in [3.05, 3.63) is 163 Å². The zero-order chi connectivity index (χ0) is 30.2. The van der Waals surface area contributed by atoms with Crippen LogP contribution in [0.15, 0.2) is 162 Å². The van der Waals surface area contributed by atoms with E-state index in [0.717, 1.165) is 53.6 Å². The Hall–Kier alpha value is -5.33. The number of furan rings is 1. The Morgan fingerprint density at radius 2 is 1.04 bits per heavy atom. The topological polar surface area (TPSA) is 51.8 Å². The van der Waals surface area contributed by atoms with Crippen LogP contribution in [0.25, 0.3) is 44.6 Å². The molecule has 45 heavy (non-hydrogen) atoms. The SMILES string of the molecule is Cc1ccc2c(n1)oc1c(-c3ccc[c]([Ge]([c]4ccccc4)([c]4ccccc4)[c]4cccc(-c5ccccc5)n4)n3)cccc12.